The fourth-order valence-electron chi connectivity index (χ4n) is 2.38. The standard InChI is InChI=1S/C15H6F7NO4S4/c16-10-9(15(20,21)22)11(17)13(19)14(12(10)18)23(30(24,25)7-3-1-5-28-7)31(26,27)8-4-2-6-29-8/h1-6H. The molecule has 2 heterocycles. The van der Waals surface area contributed by atoms with Crippen molar-refractivity contribution in [2.24, 2.45) is 0 Å². The van der Waals surface area contributed by atoms with Crippen molar-refractivity contribution in [2.75, 3.05) is 3.71 Å². The number of nitrogens with zero attached hydrogens (tertiary/aromatic N) is 1. The number of hydrogen-bond donors (Lipinski definition) is 0. The second-order valence-corrected chi connectivity index (χ2v) is 11.7. The molecular formula is C15H6F7NO4S4. The van der Waals surface area contributed by atoms with Gasteiger partial charge in [0.1, 0.15) is 19.7 Å². The van der Waals surface area contributed by atoms with Gasteiger partial charge in [-0.15, -0.1) is 26.4 Å². The van der Waals surface area contributed by atoms with Crippen LogP contribution >= 0.6 is 22.7 Å². The van der Waals surface area contributed by atoms with Gasteiger partial charge in [0.2, 0.25) is 0 Å². The minimum Gasteiger partial charge on any atom is -0.203 e. The third-order valence-corrected chi connectivity index (χ3v) is 10.5. The van der Waals surface area contributed by atoms with Crippen LogP contribution < -0.4 is 3.71 Å². The third kappa shape index (κ3) is 3.81. The molecule has 0 unspecified atom stereocenters. The lowest BCUT2D eigenvalue weighted by molar-refractivity contribution is -0.143. The first-order valence-electron chi connectivity index (χ1n) is 7.53. The second kappa shape index (κ2) is 7.75. The summed E-state index contributed by atoms with van der Waals surface area (Å²) in [6, 6.07) is 3.88. The number of rotatable bonds is 5. The molecule has 0 spiro atoms. The molecule has 0 aliphatic rings. The van der Waals surface area contributed by atoms with Gasteiger partial charge in [-0.05, 0) is 22.9 Å². The van der Waals surface area contributed by atoms with Gasteiger partial charge < -0.3 is 0 Å². The summed E-state index contributed by atoms with van der Waals surface area (Å²) < 4.78 is 145. The average molecular weight is 525 g/mol. The molecule has 3 rings (SSSR count). The molecule has 16 heteroatoms. The van der Waals surface area contributed by atoms with Crippen LogP contribution in [0.2, 0.25) is 0 Å². The lowest BCUT2D eigenvalue weighted by Gasteiger charge is -2.24. The lowest BCUT2D eigenvalue weighted by atomic mass is 10.1. The Kier molecular flexibility index (Phi) is 5.88. The summed E-state index contributed by atoms with van der Waals surface area (Å²) in [6.45, 7) is 0. The van der Waals surface area contributed by atoms with E-state index in [1.807, 2.05) is 0 Å². The summed E-state index contributed by atoms with van der Waals surface area (Å²) in [5, 5.41) is 2.28. The van der Waals surface area contributed by atoms with Crippen LogP contribution in [0, 0.1) is 23.3 Å². The molecule has 2 aromatic heterocycles. The molecule has 0 radical (unpaired) electrons. The van der Waals surface area contributed by atoms with Gasteiger partial charge in [0.15, 0.2) is 23.3 Å². The Balaban J connectivity index is 2.46. The zero-order chi connectivity index (χ0) is 23.4. The fourth-order valence-corrected chi connectivity index (χ4v) is 8.46. The summed E-state index contributed by atoms with van der Waals surface area (Å²) in [4.78, 5) is 0. The number of benzene rings is 1. The molecule has 0 bridgehead atoms. The van der Waals surface area contributed by atoms with Crippen LogP contribution in [0.5, 0.6) is 0 Å². The maximum Gasteiger partial charge on any atom is 0.422 e. The molecule has 0 saturated carbocycles. The molecule has 31 heavy (non-hydrogen) atoms. The molecule has 0 N–H and O–H groups in total. The summed E-state index contributed by atoms with van der Waals surface area (Å²) in [5.41, 5.74) is -5.35. The van der Waals surface area contributed by atoms with Gasteiger partial charge in [-0.1, -0.05) is 12.1 Å². The molecule has 0 aliphatic heterocycles. The highest BCUT2D eigenvalue weighted by Crippen LogP contribution is 2.43. The predicted octanol–water partition coefficient (Wildman–Crippen LogP) is 4.97. The van der Waals surface area contributed by atoms with E-state index in [9.17, 15) is 47.6 Å². The zero-order valence-corrected chi connectivity index (χ0v) is 17.6. The minimum atomic E-state index is -5.90. The Hall–Kier alpha value is -2.17. The Morgan fingerprint density at radius 3 is 1.39 bits per heavy atom. The highest BCUT2D eigenvalue weighted by molar-refractivity contribution is 8.11. The third-order valence-electron chi connectivity index (χ3n) is 3.64. The predicted molar refractivity (Wildman–Crippen MR) is 96.8 cm³/mol. The highest BCUT2D eigenvalue weighted by Gasteiger charge is 2.48. The van der Waals surface area contributed by atoms with Crippen LogP contribution in [0.4, 0.5) is 36.4 Å². The van der Waals surface area contributed by atoms with E-state index < -0.39 is 72.9 Å². The number of sulfonamides is 2. The van der Waals surface area contributed by atoms with Gasteiger partial charge in [-0.2, -0.15) is 30.0 Å². The van der Waals surface area contributed by atoms with Crippen molar-refractivity contribution in [3.05, 3.63) is 63.9 Å². The van der Waals surface area contributed by atoms with Gasteiger partial charge in [0, 0.05) is 0 Å². The number of alkyl halides is 3. The van der Waals surface area contributed by atoms with Gasteiger partial charge in [0.25, 0.3) is 20.0 Å². The monoisotopic (exact) mass is 525 g/mol. The Labute approximate surface area is 178 Å². The summed E-state index contributed by atoms with van der Waals surface area (Å²) in [5.74, 6) is -11.7. The largest absolute Gasteiger partial charge is 0.422 e. The van der Waals surface area contributed by atoms with Crippen molar-refractivity contribution in [3.8, 4) is 0 Å². The van der Waals surface area contributed by atoms with Crippen LogP contribution in [0.25, 0.3) is 0 Å². The second-order valence-electron chi connectivity index (χ2n) is 5.55. The van der Waals surface area contributed by atoms with E-state index in [1.165, 1.54) is 0 Å². The summed E-state index contributed by atoms with van der Waals surface area (Å²) in [6.07, 6.45) is -5.90. The molecule has 168 valence electrons. The van der Waals surface area contributed by atoms with Gasteiger partial charge in [-0.25, -0.2) is 17.6 Å². The number of thiophene rings is 2. The van der Waals surface area contributed by atoms with E-state index in [2.05, 4.69) is 0 Å². The minimum absolute atomic E-state index is 0.391. The lowest BCUT2D eigenvalue weighted by Crippen LogP contribution is -2.38. The summed E-state index contributed by atoms with van der Waals surface area (Å²) >= 11 is 0.781. The first kappa shape index (κ1) is 23.5. The van der Waals surface area contributed by atoms with Crippen molar-refractivity contribution >= 4 is 48.4 Å². The van der Waals surface area contributed by atoms with E-state index in [-0.39, 0.29) is 0 Å². The van der Waals surface area contributed by atoms with Gasteiger partial charge in [0.05, 0.1) is 0 Å². The normalized spacial score (nSPS) is 12.9. The maximum absolute atomic E-state index is 14.6. The van der Waals surface area contributed by atoms with Crippen LogP contribution in [-0.4, -0.2) is 16.8 Å². The quantitative estimate of drug-likeness (QED) is 0.349. The molecular weight excluding hydrogens is 519 g/mol. The Morgan fingerprint density at radius 1 is 0.710 bits per heavy atom. The number of anilines is 1. The molecule has 0 aliphatic carbocycles. The maximum atomic E-state index is 14.6. The molecule has 0 saturated heterocycles. The van der Waals surface area contributed by atoms with Crippen molar-refractivity contribution in [3.63, 3.8) is 0 Å². The Morgan fingerprint density at radius 2 is 1.10 bits per heavy atom. The van der Waals surface area contributed by atoms with Gasteiger partial charge >= 0.3 is 6.18 Å². The molecule has 1 aromatic carbocycles. The van der Waals surface area contributed by atoms with E-state index in [4.69, 9.17) is 0 Å². The molecule has 5 nitrogen and oxygen atoms in total. The van der Waals surface area contributed by atoms with Crippen LogP contribution in [0.1, 0.15) is 5.56 Å². The Bertz CT molecular complexity index is 1240. The summed E-state index contributed by atoms with van der Waals surface area (Å²) in [7, 11) is -10.9. The van der Waals surface area contributed by atoms with E-state index in [0.717, 1.165) is 35.0 Å². The van der Waals surface area contributed by atoms with E-state index in [1.54, 1.807) is 0 Å². The van der Waals surface area contributed by atoms with Crippen molar-refractivity contribution in [2.45, 2.75) is 14.6 Å². The topological polar surface area (TPSA) is 71.5 Å². The zero-order valence-electron chi connectivity index (χ0n) is 14.3. The van der Waals surface area contributed by atoms with Crippen molar-refractivity contribution in [1.82, 2.24) is 0 Å². The van der Waals surface area contributed by atoms with Crippen molar-refractivity contribution in [1.29, 1.82) is 0 Å². The van der Waals surface area contributed by atoms with Crippen molar-refractivity contribution < 1.29 is 47.6 Å². The number of hydrogen-bond acceptors (Lipinski definition) is 6. The molecule has 0 fully saturated rings. The van der Waals surface area contributed by atoms with E-state index >= 15 is 0 Å². The van der Waals surface area contributed by atoms with Crippen LogP contribution in [-0.2, 0) is 26.2 Å². The van der Waals surface area contributed by atoms with Gasteiger partial charge in [-0.3, -0.25) is 0 Å². The number of halogens is 7. The van der Waals surface area contributed by atoms with Crippen LogP contribution in [0.3, 0.4) is 0 Å². The molecule has 3 aromatic rings. The molecule has 0 atom stereocenters. The average Bonchev–Trinajstić information content (AvgIpc) is 3.36. The highest BCUT2D eigenvalue weighted by atomic mass is 32.3. The SMILES string of the molecule is O=S(=O)(c1cccs1)N(c1c(F)c(F)c(C(F)(F)F)c(F)c1F)S(=O)(=O)c1cccs1. The van der Waals surface area contributed by atoms with E-state index in [0.29, 0.717) is 22.7 Å². The smallest absolute Gasteiger partial charge is 0.203 e. The first-order valence-corrected chi connectivity index (χ1v) is 12.2. The fraction of sp³-hybridized carbons (Fsp3) is 0.0667. The molecule has 0 amide bonds. The van der Waals surface area contributed by atoms with Crippen LogP contribution in [0.15, 0.2) is 43.4 Å². The first-order chi connectivity index (χ1) is 14.2.